The van der Waals surface area contributed by atoms with Gasteiger partial charge in [-0.1, -0.05) is 27.7 Å². The van der Waals surface area contributed by atoms with E-state index in [1.807, 2.05) is 0 Å². The van der Waals surface area contributed by atoms with Crippen molar-refractivity contribution in [1.29, 1.82) is 0 Å². The standard InChI is InChI=1S/C13H23F3N2O3/c1-5-6-18(8-13(14,15)16)11(21)17-9(7-10(19)20)12(2,3)4/h9H,5-8H2,1-4H3,(H,17,21)(H,19,20). The van der Waals surface area contributed by atoms with Crippen LogP contribution >= 0.6 is 0 Å². The van der Waals surface area contributed by atoms with Gasteiger partial charge in [0, 0.05) is 12.6 Å². The second-order valence-electron chi connectivity index (χ2n) is 6.00. The molecular weight excluding hydrogens is 289 g/mol. The molecule has 0 aromatic heterocycles. The fourth-order valence-electron chi connectivity index (χ4n) is 1.73. The predicted octanol–water partition coefficient (Wildman–Crippen LogP) is 2.86. The minimum Gasteiger partial charge on any atom is -0.481 e. The minimum absolute atomic E-state index is 0.0464. The van der Waals surface area contributed by atoms with E-state index in [-0.39, 0.29) is 13.0 Å². The van der Waals surface area contributed by atoms with Crippen LogP contribution < -0.4 is 5.32 Å². The number of hydrogen-bond acceptors (Lipinski definition) is 2. The molecule has 0 aromatic carbocycles. The molecule has 0 aliphatic rings. The van der Waals surface area contributed by atoms with Crippen LogP contribution in [-0.4, -0.2) is 47.3 Å². The number of carboxylic acids is 1. The lowest BCUT2D eigenvalue weighted by atomic mass is 9.85. The first-order valence-corrected chi connectivity index (χ1v) is 6.70. The number of rotatable bonds is 6. The fourth-order valence-corrected chi connectivity index (χ4v) is 1.73. The van der Waals surface area contributed by atoms with Gasteiger partial charge in [0.05, 0.1) is 6.42 Å². The van der Waals surface area contributed by atoms with Gasteiger partial charge in [0.1, 0.15) is 6.54 Å². The molecule has 1 atom stereocenters. The molecule has 0 bridgehead atoms. The highest BCUT2D eigenvalue weighted by atomic mass is 19.4. The van der Waals surface area contributed by atoms with Crippen LogP contribution in [0, 0.1) is 5.41 Å². The molecule has 1 unspecified atom stereocenters. The Labute approximate surface area is 122 Å². The van der Waals surface area contributed by atoms with E-state index in [4.69, 9.17) is 5.11 Å². The lowest BCUT2D eigenvalue weighted by molar-refractivity contribution is -0.141. The molecule has 8 heteroatoms. The number of aliphatic carboxylic acids is 1. The first kappa shape index (κ1) is 19.5. The summed E-state index contributed by atoms with van der Waals surface area (Å²) < 4.78 is 37.4. The fraction of sp³-hybridized carbons (Fsp3) is 0.846. The Kier molecular flexibility index (Phi) is 6.99. The molecular formula is C13H23F3N2O3. The van der Waals surface area contributed by atoms with Crippen LogP contribution in [0.25, 0.3) is 0 Å². The van der Waals surface area contributed by atoms with Crippen molar-refractivity contribution in [3.63, 3.8) is 0 Å². The summed E-state index contributed by atoms with van der Waals surface area (Å²) in [6, 6.07) is -1.65. The maximum absolute atomic E-state index is 12.5. The van der Waals surface area contributed by atoms with E-state index in [9.17, 15) is 22.8 Å². The highest BCUT2D eigenvalue weighted by Crippen LogP contribution is 2.23. The molecule has 21 heavy (non-hydrogen) atoms. The molecule has 0 heterocycles. The first-order chi connectivity index (χ1) is 9.36. The van der Waals surface area contributed by atoms with Crippen molar-refractivity contribution in [3.05, 3.63) is 0 Å². The van der Waals surface area contributed by atoms with Crippen molar-refractivity contribution in [2.75, 3.05) is 13.1 Å². The average Bonchev–Trinajstić information content (AvgIpc) is 2.23. The van der Waals surface area contributed by atoms with E-state index in [0.717, 1.165) is 0 Å². The Morgan fingerprint density at radius 1 is 1.24 bits per heavy atom. The maximum Gasteiger partial charge on any atom is 0.406 e. The van der Waals surface area contributed by atoms with Crippen molar-refractivity contribution < 1.29 is 27.9 Å². The largest absolute Gasteiger partial charge is 0.481 e. The number of halogens is 3. The summed E-state index contributed by atoms with van der Waals surface area (Å²) in [7, 11) is 0. The minimum atomic E-state index is -4.49. The Bertz CT molecular complexity index is 365. The molecule has 0 saturated carbocycles. The number of carbonyl (C=O) groups excluding carboxylic acids is 1. The summed E-state index contributed by atoms with van der Waals surface area (Å²) in [4.78, 5) is 23.4. The Balaban J connectivity index is 4.94. The van der Waals surface area contributed by atoms with Gasteiger partial charge in [-0.15, -0.1) is 0 Å². The van der Waals surface area contributed by atoms with Gasteiger partial charge >= 0.3 is 18.2 Å². The van der Waals surface area contributed by atoms with Gasteiger partial charge < -0.3 is 15.3 Å². The van der Waals surface area contributed by atoms with Crippen molar-refractivity contribution >= 4 is 12.0 Å². The molecule has 0 spiro atoms. The molecule has 2 N–H and O–H groups in total. The molecule has 2 amide bonds. The highest BCUT2D eigenvalue weighted by Gasteiger charge is 2.35. The number of alkyl halides is 3. The number of carboxylic acid groups (broad SMARTS) is 1. The van der Waals surface area contributed by atoms with Crippen molar-refractivity contribution in [1.82, 2.24) is 10.2 Å². The van der Waals surface area contributed by atoms with Crippen molar-refractivity contribution in [2.24, 2.45) is 5.41 Å². The van der Waals surface area contributed by atoms with Crippen LogP contribution in [0.5, 0.6) is 0 Å². The lowest BCUT2D eigenvalue weighted by Gasteiger charge is -2.33. The predicted molar refractivity (Wildman–Crippen MR) is 71.9 cm³/mol. The Hall–Kier alpha value is -1.47. The summed E-state index contributed by atoms with van der Waals surface area (Å²) in [5.41, 5.74) is -0.579. The van der Waals surface area contributed by atoms with Gasteiger partial charge in [0.15, 0.2) is 0 Å². The molecule has 0 aromatic rings. The molecule has 0 saturated heterocycles. The van der Waals surface area contributed by atoms with E-state index in [1.165, 1.54) is 0 Å². The molecule has 0 fully saturated rings. The van der Waals surface area contributed by atoms with Crippen LogP contribution in [0.4, 0.5) is 18.0 Å². The number of urea groups is 1. The maximum atomic E-state index is 12.5. The van der Waals surface area contributed by atoms with Gasteiger partial charge in [0.25, 0.3) is 0 Å². The van der Waals surface area contributed by atoms with Gasteiger partial charge in [-0.25, -0.2) is 4.79 Å². The van der Waals surface area contributed by atoms with Gasteiger partial charge in [0.2, 0.25) is 0 Å². The third kappa shape index (κ3) is 8.41. The normalized spacial score (nSPS) is 13.7. The zero-order chi connectivity index (χ0) is 16.8. The monoisotopic (exact) mass is 312 g/mol. The van der Waals surface area contributed by atoms with E-state index >= 15 is 0 Å². The van der Waals surface area contributed by atoms with Crippen LogP contribution in [0.2, 0.25) is 0 Å². The second-order valence-corrected chi connectivity index (χ2v) is 6.00. The van der Waals surface area contributed by atoms with Crippen LogP contribution in [0.15, 0.2) is 0 Å². The quantitative estimate of drug-likeness (QED) is 0.792. The van der Waals surface area contributed by atoms with Crippen molar-refractivity contribution in [3.8, 4) is 0 Å². The zero-order valence-corrected chi connectivity index (χ0v) is 12.8. The average molecular weight is 312 g/mol. The summed E-state index contributed by atoms with van der Waals surface area (Å²) in [5, 5.41) is 11.2. The van der Waals surface area contributed by atoms with E-state index < -0.39 is 36.2 Å². The summed E-state index contributed by atoms with van der Waals surface area (Å²) in [6.45, 7) is 5.42. The Morgan fingerprint density at radius 3 is 2.10 bits per heavy atom. The number of nitrogens with zero attached hydrogens (tertiary/aromatic N) is 1. The molecule has 0 aliphatic heterocycles. The summed E-state index contributed by atoms with van der Waals surface area (Å²) in [6.07, 6.45) is -4.46. The van der Waals surface area contributed by atoms with Crippen molar-refractivity contribution in [2.45, 2.75) is 52.8 Å². The topological polar surface area (TPSA) is 69.6 Å². The third-order valence-corrected chi connectivity index (χ3v) is 2.87. The van der Waals surface area contributed by atoms with Gasteiger partial charge in [-0.05, 0) is 11.8 Å². The van der Waals surface area contributed by atoms with E-state index in [2.05, 4.69) is 5.32 Å². The molecule has 0 radical (unpaired) electrons. The number of carbonyl (C=O) groups is 2. The molecule has 5 nitrogen and oxygen atoms in total. The molecule has 0 aliphatic carbocycles. The number of hydrogen-bond donors (Lipinski definition) is 2. The lowest BCUT2D eigenvalue weighted by Crippen LogP contribution is -2.52. The first-order valence-electron chi connectivity index (χ1n) is 6.70. The highest BCUT2D eigenvalue weighted by molar-refractivity contribution is 5.76. The van der Waals surface area contributed by atoms with Crippen LogP contribution in [0.1, 0.15) is 40.5 Å². The van der Waals surface area contributed by atoms with Crippen LogP contribution in [-0.2, 0) is 4.79 Å². The number of amides is 2. The van der Waals surface area contributed by atoms with E-state index in [0.29, 0.717) is 11.3 Å². The third-order valence-electron chi connectivity index (χ3n) is 2.87. The van der Waals surface area contributed by atoms with Gasteiger partial charge in [-0.2, -0.15) is 13.2 Å². The smallest absolute Gasteiger partial charge is 0.406 e. The van der Waals surface area contributed by atoms with Crippen LogP contribution in [0.3, 0.4) is 0 Å². The Morgan fingerprint density at radius 2 is 1.76 bits per heavy atom. The van der Waals surface area contributed by atoms with E-state index in [1.54, 1.807) is 27.7 Å². The zero-order valence-electron chi connectivity index (χ0n) is 12.8. The second kappa shape index (κ2) is 7.51. The molecule has 124 valence electrons. The molecule has 0 rings (SSSR count). The number of nitrogens with one attached hydrogen (secondary N) is 1. The SMILES string of the molecule is CCCN(CC(F)(F)F)C(=O)NC(CC(=O)O)C(C)(C)C. The van der Waals surface area contributed by atoms with Gasteiger partial charge in [-0.3, -0.25) is 4.79 Å². The summed E-state index contributed by atoms with van der Waals surface area (Å²) in [5.74, 6) is -1.12. The summed E-state index contributed by atoms with van der Waals surface area (Å²) >= 11 is 0.